The summed E-state index contributed by atoms with van der Waals surface area (Å²) in [5.74, 6) is 0.927. The molecule has 0 saturated carbocycles. The third-order valence-electron chi connectivity index (χ3n) is 7.06. The van der Waals surface area contributed by atoms with Crippen LogP contribution in [-0.2, 0) is 0 Å². The van der Waals surface area contributed by atoms with E-state index in [0.29, 0.717) is 0 Å². The predicted octanol–water partition coefficient (Wildman–Crippen LogP) is 7.44. The van der Waals surface area contributed by atoms with Crippen LogP contribution in [0.15, 0.2) is 128 Å². The van der Waals surface area contributed by atoms with Gasteiger partial charge in [-0.15, -0.1) is 0 Å². The molecule has 8 aromatic rings. The Kier molecular flexibility index (Phi) is 4.16. The summed E-state index contributed by atoms with van der Waals surface area (Å²) in [7, 11) is 0. The molecule has 5 nitrogen and oxygen atoms in total. The van der Waals surface area contributed by atoms with E-state index < -0.39 is 0 Å². The number of aromatic nitrogens is 5. The molecule has 0 bridgehead atoms. The van der Waals surface area contributed by atoms with Gasteiger partial charge in [-0.3, -0.25) is 13.5 Å². The van der Waals surface area contributed by atoms with Crippen LogP contribution in [0.2, 0.25) is 0 Å². The molecule has 0 amide bonds. The fraction of sp³-hybridized carbons (Fsp3) is 0. The lowest BCUT2D eigenvalue weighted by atomic mass is 10.2. The Hall–Kier alpha value is -5.16. The number of para-hydroxylation sites is 3. The highest BCUT2D eigenvalue weighted by molar-refractivity contribution is 6.07. The van der Waals surface area contributed by atoms with E-state index in [1.165, 1.54) is 0 Å². The van der Waals surface area contributed by atoms with Crippen LogP contribution in [0.4, 0.5) is 0 Å². The van der Waals surface area contributed by atoms with E-state index in [4.69, 9.17) is 9.97 Å². The molecule has 0 saturated heterocycles. The van der Waals surface area contributed by atoms with Crippen molar-refractivity contribution in [3.05, 3.63) is 128 Å². The molecular formula is C32H21N5. The van der Waals surface area contributed by atoms with Crippen LogP contribution in [0.3, 0.4) is 0 Å². The summed E-state index contributed by atoms with van der Waals surface area (Å²) < 4.78 is 6.74. The van der Waals surface area contributed by atoms with Crippen molar-refractivity contribution in [2.75, 3.05) is 0 Å². The van der Waals surface area contributed by atoms with Crippen LogP contribution < -0.4 is 0 Å². The summed E-state index contributed by atoms with van der Waals surface area (Å²) in [6, 6.07) is 42.0. The molecule has 174 valence electrons. The normalized spacial score (nSPS) is 11.8. The summed E-state index contributed by atoms with van der Waals surface area (Å²) in [6.07, 6.45) is 2.08. The van der Waals surface area contributed by atoms with Gasteiger partial charge in [0, 0.05) is 28.5 Å². The number of pyridine rings is 1. The maximum atomic E-state index is 5.03. The highest BCUT2D eigenvalue weighted by atomic mass is 15.2. The average molecular weight is 476 g/mol. The molecule has 4 heterocycles. The molecule has 0 aliphatic heterocycles. The molecule has 8 rings (SSSR count). The Morgan fingerprint density at radius 2 is 1.27 bits per heavy atom. The van der Waals surface area contributed by atoms with Gasteiger partial charge in [-0.1, -0.05) is 72.8 Å². The molecule has 0 unspecified atom stereocenters. The van der Waals surface area contributed by atoms with Gasteiger partial charge in [0.2, 0.25) is 0 Å². The number of nitrogens with zero attached hydrogens (tertiary/aromatic N) is 5. The molecule has 0 atom stereocenters. The van der Waals surface area contributed by atoms with Gasteiger partial charge in [-0.2, -0.15) is 0 Å². The zero-order valence-corrected chi connectivity index (χ0v) is 19.9. The van der Waals surface area contributed by atoms with Gasteiger partial charge in [-0.25, -0.2) is 9.97 Å². The molecule has 4 aromatic carbocycles. The monoisotopic (exact) mass is 475 g/mol. The summed E-state index contributed by atoms with van der Waals surface area (Å²) in [5, 5.41) is 1.14. The fourth-order valence-electron chi connectivity index (χ4n) is 5.46. The zero-order valence-electron chi connectivity index (χ0n) is 19.9. The summed E-state index contributed by atoms with van der Waals surface area (Å²) in [5.41, 5.74) is 9.41. The minimum absolute atomic E-state index is 0.927. The second-order valence-corrected chi connectivity index (χ2v) is 9.21. The maximum absolute atomic E-state index is 5.03. The maximum Gasteiger partial charge on any atom is 0.150 e. The summed E-state index contributed by atoms with van der Waals surface area (Å²) >= 11 is 0. The van der Waals surface area contributed by atoms with Crippen molar-refractivity contribution >= 4 is 38.7 Å². The largest absolute Gasteiger partial charge is 0.294 e. The lowest BCUT2D eigenvalue weighted by Gasteiger charge is -2.13. The number of benzene rings is 4. The van der Waals surface area contributed by atoms with Gasteiger partial charge in [0.05, 0.1) is 16.6 Å². The number of fused-ring (bicyclic) bond motifs is 6. The minimum atomic E-state index is 0.927. The lowest BCUT2D eigenvalue weighted by Crippen LogP contribution is -2.01. The summed E-state index contributed by atoms with van der Waals surface area (Å²) in [6.45, 7) is 0. The molecule has 0 aliphatic carbocycles. The average Bonchev–Trinajstić information content (AvgIpc) is 3.63. The first kappa shape index (κ1) is 20.1. The third kappa shape index (κ3) is 2.91. The van der Waals surface area contributed by atoms with Crippen molar-refractivity contribution in [3.63, 3.8) is 0 Å². The highest BCUT2D eigenvalue weighted by Gasteiger charge is 2.19. The third-order valence-corrected chi connectivity index (χ3v) is 7.06. The van der Waals surface area contributed by atoms with E-state index in [-0.39, 0.29) is 0 Å². The van der Waals surface area contributed by atoms with Crippen molar-refractivity contribution in [1.29, 1.82) is 0 Å². The van der Waals surface area contributed by atoms with Crippen LogP contribution in [0.1, 0.15) is 0 Å². The van der Waals surface area contributed by atoms with Gasteiger partial charge < -0.3 is 0 Å². The van der Waals surface area contributed by atoms with Crippen molar-refractivity contribution in [2.24, 2.45) is 0 Å². The SMILES string of the molecule is c1ccc(-c2nc3ccccc3n2-c2cccc(-n3c4ccccc4c4nc5ccccn5c43)c2)cc1. The molecule has 37 heavy (non-hydrogen) atoms. The van der Waals surface area contributed by atoms with Crippen molar-refractivity contribution < 1.29 is 0 Å². The van der Waals surface area contributed by atoms with Gasteiger partial charge >= 0.3 is 0 Å². The summed E-state index contributed by atoms with van der Waals surface area (Å²) in [4.78, 5) is 10.0. The van der Waals surface area contributed by atoms with Crippen LogP contribution >= 0.6 is 0 Å². The predicted molar refractivity (Wildman–Crippen MR) is 150 cm³/mol. The topological polar surface area (TPSA) is 40.0 Å². The molecule has 0 N–H and O–H groups in total. The van der Waals surface area contributed by atoms with Crippen LogP contribution in [0, 0.1) is 0 Å². The molecule has 0 fully saturated rings. The molecule has 0 radical (unpaired) electrons. The molecule has 4 aromatic heterocycles. The minimum Gasteiger partial charge on any atom is -0.294 e. The number of hydrogen-bond acceptors (Lipinski definition) is 2. The van der Waals surface area contributed by atoms with Crippen molar-refractivity contribution in [2.45, 2.75) is 0 Å². The van der Waals surface area contributed by atoms with Crippen LogP contribution in [-0.4, -0.2) is 23.5 Å². The van der Waals surface area contributed by atoms with Gasteiger partial charge in [0.25, 0.3) is 0 Å². The lowest BCUT2D eigenvalue weighted by molar-refractivity contribution is 1.07. The Balaban J connectivity index is 1.44. The number of hydrogen-bond donors (Lipinski definition) is 0. The Bertz CT molecular complexity index is 2090. The van der Waals surface area contributed by atoms with E-state index in [1.54, 1.807) is 0 Å². The zero-order chi connectivity index (χ0) is 24.3. The Morgan fingerprint density at radius 3 is 2.16 bits per heavy atom. The molecule has 0 aliphatic rings. The van der Waals surface area contributed by atoms with Gasteiger partial charge in [0.1, 0.15) is 17.0 Å². The first-order valence-corrected chi connectivity index (χ1v) is 12.4. The second kappa shape index (κ2) is 7.67. The quantitative estimate of drug-likeness (QED) is 0.266. The standard InChI is InChI=1S/C32H21N5/c1-2-11-22(12-3-1)31-33-26-16-5-7-18-28(26)36(31)23-13-10-14-24(21-23)37-27-17-6-4-15-25(27)30-32(37)35-20-9-8-19-29(35)34-30/h1-21H. The fourth-order valence-corrected chi connectivity index (χ4v) is 5.46. The van der Waals surface area contributed by atoms with E-state index in [0.717, 1.165) is 61.5 Å². The first-order chi connectivity index (χ1) is 18.4. The second-order valence-electron chi connectivity index (χ2n) is 9.21. The molecular weight excluding hydrogens is 454 g/mol. The molecule has 0 spiro atoms. The Morgan fingerprint density at radius 1 is 0.541 bits per heavy atom. The van der Waals surface area contributed by atoms with E-state index in [2.05, 4.69) is 123 Å². The Labute approximate surface area is 212 Å². The van der Waals surface area contributed by atoms with Gasteiger partial charge in [0.15, 0.2) is 5.65 Å². The van der Waals surface area contributed by atoms with Crippen LogP contribution in [0.5, 0.6) is 0 Å². The molecule has 5 heteroatoms. The van der Waals surface area contributed by atoms with E-state index >= 15 is 0 Å². The van der Waals surface area contributed by atoms with E-state index in [9.17, 15) is 0 Å². The van der Waals surface area contributed by atoms with Crippen molar-refractivity contribution in [3.8, 4) is 22.8 Å². The van der Waals surface area contributed by atoms with Gasteiger partial charge in [-0.05, 0) is 48.5 Å². The van der Waals surface area contributed by atoms with E-state index in [1.807, 2.05) is 18.2 Å². The number of imidazole rings is 2. The highest BCUT2D eigenvalue weighted by Crippen LogP contribution is 2.34. The first-order valence-electron chi connectivity index (χ1n) is 12.4. The van der Waals surface area contributed by atoms with Crippen LogP contribution in [0.25, 0.3) is 61.5 Å². The number of rotatable bonds is 3. The smallest absolute Gasteiger partial charge is 0.150 e. The van der Waals surface area contributed by atoms with Crippen molar-refractivity contribution in [1.82, 2.24) is 23.5 Å².